The van der Waals surface area contributed by atoms with Crippen LogP contribution in [0.15, 0.2) is 70.5 Å². The predicted octanol–water partition coefficient (Wildman–Crippen LogP) is 3.99. The van der Waals surface area contributed by atoms with E-state index in [1.807, 2.05) is 47.2 Å². The molecule has 0 saturated carbocycles. The molecule has 1 N–H and O–H groups in total. The van der Waals surface area contributed by atoms with Crippen molar-refractivity contribution in [3.05, 3.63) is 81.2 Å². The highest BCUT2D eigenvalue weighted by atomic mass is 79.9. The standard InChI is InChI=1S/C16H12BrN5O2/c17-12-3-5-13(6-4-12)21-9-1-2-14(21)11-19-20-16-8-7-15(10-18-16)22(23)24/h1-11H,(H,18,20)/b19-11-. The maximum Gasteiger partial charge on any atom is 0.287 e. The normalized spacial score (nSPS) is 10.9. The summed E-state index contributed by atoms with van der Waals surface area (Å²) in [5, 5.41) is 14.7. The quantitative estimate of drug-likeness (QED) is 0.408. The molecule has 7 nitrogen and oxygen atoms in total. The van der Waals surface area contributed by atoms with E-state index < -0.39 is 4.92 Å². The zero-order chi connectivity index (χ0) is 16.9. The molecule has 120 valence electrons. The number of benzene rings is 1. The Morgan fingerprint density at radius 1 is 1.21 bits per heavy atom. The van der Waals surface area contributed by atoms with E-state index in [1.54, 1.807) is 6.21 Å². The van der Waals surface area contributed by atoms with Crippen LogP contribution in [0.4, 0.5) is 11.5 Å². The smallest absolute Gasteiger partial charge is 0.287 e. The third-order valence-corrected chi connectivity index (χ3v) is 3.75. The average Bonchev–Trinajstić information content (AvgIpc) is 3.04. The Morgan fingerprint density at radius 3 is 2.67 bits per heavy atom. The van der Waals surface area contributed by atoms with Crippen molar-refractivity contribution in [3.63, 3.8) is 0 Å². The molecule has 0 amide bonds. The first-order valence-electron chi connectivity index (χ1n) is 6.96. The van der Waals surface area contributed by atoms with Crippen molar-refractivity contribution in [2.24, 2.45) is 5.10 Å². The predicted molar refractivity (Wildman–Crippen MR) is 95.6 cm³/mol. The number of rotatable bonds is 5. The number of aromatic nitrogens is 2. The minimum Gasteiger partial charge on any atom is -0.316 e. The highest BCUT2D eigenvalue weighted by Gasteiger charge is 2.04. The Kier molecular flexibility index (Phi) is 4.66. The number of halogens is 1. The lowest BCUT2D eigenvalue weighted by Gasteiger charge is -2.06. The minimum atomic E-state index is -0.495. The van der Waals surface area contributed by atoms with Crippen molar-refractivity contribution in [2.45, 2.75) is 0 Å². The van der Waals surface area contributed by atoms with Gasteiger partial charge in [0.15, 0.2) is 0 Å². The molecular formula is C16H12BrN5O2. The third kappa shape index (κ3) is 3.66. The summed E-state index contributed by atoms with van der Waals surface area (Å²) in [5.41, 5.74) is 4.58. The lowest BCUT2D eigenvalue weighted by molar-refractivity contribution is -0.385. The monoisotopic (exact) mass is 385 g/mol. The Labute approximate surface area is 145 Å². The summed E-state index contributed by atoms with van der Waals surface area (Å²) in [5.74, 6) is 0.429. The van der Waals surface area contributed by atoms with Crippen LogP contribution in [0.5, 0.6) is 0 Å². The Hall–Kier alpha value is -3.00. The van der Waals surface area contributed by atoms with Crippen LogP contribution in [-0.2, 0) is 0 Å². The van der Waals surface area contributed by atoms with Crippen molar-refractivity contribution in [2.75, 3.05) is 5.43 Å². The molecule has 0 saturated heterocycles. The van der Waals surface area contributed by atoms with Crippen LogP contribution in [0.1, 0.15) is 5.69 Å². The van der Waals surface area contributed by atoms with E-state index >= 15 is 0 Å². The highest BCUT2D eigenvalue weighted by molar-refractivity contribution is 9.10. The molecule has 24 heavy (non-hydrogen) atoms. The number of anilines is 1. The zero-order valence-corrected chi connectivity index (χ0v) is 13.9. The van der Waals surface area contributed by atoms with E-state index in [0.29, 0.717) is 5.82 Å². The average molecular weight is 386 g/mol. The van der Waals surface area contributed by atoms with Gasteiger partial charge in [-0.2, -0.15) is 5.10 Å². The number of hydrogen-bond donors (Lipinski definition) is 1. The lowest BCUT2D eigenvalue weighted by Crippen LogP contribution is -2.00. The van der Waals surface area contributed by atoms with Crippen molar-refractivity contribution < 1.29 is 4.92 Å². The van der Waals surface area contributed by atoms with Crippen molar-refractivity contribution in [3.8, 4) is 5.69 Å². The molecular weight excluding hydrogens is 374 g/mol. The molecule has 3 rings (SSSR count). The first-order chi connectivity index (χ1) is 11.6. The van der Waals surface area contributed by atoms with Crippen LogP contribution < -0.4 is 5.43 Å². The molecule has 2 aromatic heterocycles. The molecule has 8 heteroatoms. The number of pyridine rings is 1. The number of nitrogens with zero attached hydrogens (tertiary/aromatic N) is 4. The molecule has 0 radical (unpaired) electrons. The summed E-state index contributed by atoms with van der Waals surface area (Å²) in [6.45, 7) is 0. The van der Waals surface area contributed by atoms with Crippen LogP contribution >= 0.6 is 15.9 Å². The van der Waals surface area contributed by atoms with Gasteiger partial charge in [-0.15, -0.1) is 0 Å². The highest BCUT2D eigenvalue weighted by Crippen LogP contribution is 2.16. The first-order valence-corrected chi connectivity index (χ1v) is 7.75. The zero-order valence-electron chi connectivity index (χ0n) is 12.3. The Balaban J connectivity index is 1.72. The van der Waals surface area contributed by atoms with Crippen molar-refractivity contribution in [1.29, 1.82) is 0 Å². The summed E-state index contributed by atoms with van der Waals surface area (Å²) in [6, 6.07) is 14.6. The maximum absolute atomic E-state index is 10.6. The van der Waals surface area contributed by atoms with E-state index in [9.17, 15) is 10.1 Å². The molecule has 0 aliphatic heterocycles. The van der Waals surface area contributed by atoms with Gasteiger partial charge in [-0.3, -0.25) is 15.5 Å². The molecule has 0 fully saturated rings. The Morgan fingerprint density at radius 2 is 2.00 bits per heavy atom. The number of nitro groups is 1. The van der Waals surface area contributed by atoms with Gasteiger partial charge in [0.05, 0.1) is 16.8 Å². The fourth-order valence-corrected chi connectivity index (χ4v) is 2.33. The van der Waals surface area contributed by atoms with Crippen LogP contribution in [0, 0.1) is 10.1 Å². The van der Waals surface area contributed by atoms with Gasteiger partial charge in [0.1, 0.15) is 12.0 Å². The number of hydrazone groups is 1. The van der Waals surface area contributed by atoms with Gasteiger partial charge in [0.25, 0.3) is 5.69 Å². The van der Waals surface area contributed by atoms with Crippen LogP contribution in [0.3, 0.4) is 0 Å². The van der Waals surface area contributed by atoms with Gasteiger partial charge in [-0.05, 0) is 42.5 Å². The van der Waals surface area contributed by atoms with Gasteiger partial charge in [-0.25, -0.2) is 4.98 Å². The molecule has 1 aromatic carbocycles. The maximum atomic E-state index is 10.6. The van der Waals surface area contributed by atoms with E-state index in [4.69, 9.17) is 0 Å². The van der Waals surface area contributed by atoms with E-state index in [0.717, 1.165) is 15.9 Å². The minimum absolute atomic E-state index is 0.0614. The fraction of sp³-hybridized carbons (Fsp3) is 0. The Bertz CT molecular complexity index is 872. The van der Waals surface area contributed by atoms with Gasteiger partial charge in [0.2, 0.25) is 0 Å². The lowest BCUT2D eigenvalue weighted by atomic mass is 10.3. The molecule has 2 heterocycles. The number of hydrogen-bond acceptors (Lipinski definition) is 5. The summed E-state index contributed by atoms with van der Waals surface area (Å²) in [6.07, 6.45) is 4.78. The fourth-order valence-electron chi connectivity index (χ4n) is 2.06. The van der Waals surface area contributed by atoms with Gasteiger partial charge in [-0.1, -0.05) is 15.9 Å². The number of nitrogens with one attached hydrogen (secondary N) is 1. The van der Waals surface area contributed by atoms with E-state index in [2.05, 4.69) is 31.4 Å². The van der Waals surface area contributed by atoms with Crippen molar-refractivity contribution >= 4 is 33.6 Å². The van der Waals surface area contributed by atoms with Gasteiger partial charge < -0.3 is 4.57 Å². The molecule has 0 unspecified atom stereocenters. The SMILES string of the molecule is O=[N+]([O-])c1ccc(N/N=C\c2cccn2-c2ccc(Br)cc2)nc1. The van der Waals surface area contributed by atoms with E-state index in [1.165, 1.54) is 18.3 Å². The molecule has 3 aromatic rings. The summed E-state index contributed by atoms with van der Waals surface area (Å²) in [4.78, 5) is 14.0. The molecule has 0 bridgehead atoms. The summed E-state index contributed by atoms with van der Waals surface area (Å²) >= 11 is 3.41. The molecule has 0 aliphatic rings. The summed E-state index contributed by atoms with van der Waals surface area (Å²) in [7, 11) is 0. The first kappa shape index (κ1) is 15.9. The van der Waals surface area contributed by atoms with E-state index in [-0.39, 0.29) is 5.69 Å². The summed E-state index contributed by atoms with van der Waals surface area (Å²) < 4.78 is 3.00. The third-order valence-electron chi connectivity index (χ3n) is 3.22. The largest absolute Gasteiger partial charge is 0.316 e. The van der Waals surface area contributed by atoms with Crippen molar-refractivity contribution in [1.82, 2.24) is 9.55 Å². The van der Waals surface area contributed by atoms with Gasteiger partial charge in [0, 0.05) is 22.4 Å². The second-order valence-electron chi connectivity index (χ2n) is 4.81. The topological polar surface area (TPSA) is 85.4 Å². The molecule has 0 spiro atoms. The second-order valence-corrected chi connectivity index (χ2v) is 5.72. The molecule has 0 aliphatic carbocycles. The van der Waals surface area contributed by atoms with Crippen LogP contribution in [0.2, 0.25) is 0 Å². The van der Waals surface area contributed by atoms with Gasteiger partial charge >= 0.3 is 0 Å². The van der Waals surface area contributed by atoms with Crippen LogP contribution in [-0.4, -0.2) is 20.7 Å². The second kappa shape index (κ2) is 7.05. The molecule has 0 atom stereocenters. The van der Waals surface area contributed by atoms with Crippen LogP contribution in [0.25, 0.3) is 5.69 Å².